The maximum Gasteiger partial charge on any atom is 0.419 e. The molecule has 2 N–H and O–H groups in total. The highest BCUT2D eigenvalue weighted by molar-refractivity contribution is 5.85. The average Bonchev–Trinajstić information content (AvgIpc) is 2.26. The van der Waals surface area contributed by atoms with Crippen molar-refractivity contribution in [3.63, 3.8) is 0 Å². The van der Waals surface area contributed by atoms with Crippen molar-refractivity contribution in [1.82, 2.24) is 0 Å². The Balaban J connectivity index is 0.00000289. The van der Waals surface area contributed by atoms with E-state index in [9.17, 15) is 22.4 Å². The van der Waals surface area contributed by atoms with Crippen LogP contribution in [0.3, 0.4) is 0 Å². The van der Waals surface area contributed by atoms with Crippen molar-refractivity contribution in [2.45, 2.75) is 12.2 Å². The van der Waals surface area contributed by atoms with Crippen LogP contribution >= 0.6 is 12.4 Å². The minimum absolute atomic E-state index is 0. The smallest absolute Gasteiger partial charge is 0.419 e. The van der Waals surface area contributed by atoms with E-state index in [1.54, 1.807) is 0 Å². The van der Waals surface area contributed by atoms with Crippen LogP contribution in [-0.4, -0.2) is 13.1 Å². The lowest BCUT2D eigenvalue weighted by atomic mass is 10.0. The second-order valence-electron chi connectivity index (χ2n) is 3.24. The van der Waals surface area contributed by atoms with Gasteiger partial charge in [0.1, 0.15) is 11.9 Å². The zero-order chi connectivity index (χ0) is 13.2. The molecule has 0 fully saturated rings. The number of alkyl halides is 3. The van der Waals surface area contributed by atoms with Crippen molar-refractivity contribution in [1.29, 1.82) is 0 Å². The van der Waals surface area contributed by atoms with Gasteiger partial charge in [-0.1, -0.05) is 6.07 Å². The number of carbonyl (C=O) groups excluding carboxylic acids is 1. The van der Waals surface area contributed by atoms with Gasteiger partial charge in [-0.25, -0.2) is 4.39 Å². The number of hydrogen-bond donors (Lipinski definition) is 1. The molecular weight excluding hydrogens is 278 g/mol. The van der Waals surface area contributed by atoms with Gasteiger partial charge in [-0.2, -0.15) is 13.2 Å². The average molecular weight is 288 g/mol. The molecule has 102 valence electrons. The molecule has 0 heterocycles. The van der Waals surface area contributed by atoms with E-state index < -0.39 is 29.6 Å². The highest BCUT2D eigenvalue weighted by Gasteiger charge is 2.35. The Morgan fingerprint density at radius 1 is 1.39 bits per heavy atom. The summed E-state index contributed by atoms with van der Waals surface area (Å²) in [6, 6.07) is 0.742. The van der Waals surface area contributed by atoms with Crippen molar-refractivity contribution in [3.8, 4) is 0 Å². The van der Waals surface area contributed by atoms with Gasteiger partial charge in [0.25, 0.3) is 0 Å². The molecule has 0 saturated carbocycles. The molecule has 0 saturated heterocycles. The summed E-state index contributed by atoms with van der Waals surface area (Å²) in [6.45, 7) is 0. The fourth-order valence-electron chi connectivity index (χ4n) is 1.22. The lowest BCUT2D eigenvalue weighted by Crippen LogP contribution is -2.23. The van der Waals surface area contributed by atoms with Crippen molar-refractivity contribution < 1.29 is 27.1 Å². The molecule has 0 aromatic heterocycles. The third-order valence-electron chi connectivity index (χ3n) is 2.11. The number of ether oxygens (including phenoxy) is 1. The summed E-state index contributed by atoms with van der Waals surface area (Å²) in [5.74, 6) is -2.32. The first kappa shape index (κ1) is 16.7. The third kappa shape index (κ3) is 3.58. The van der Waals surface area contributed by atoms with Gasteiger partial charge >= 0.3 is 12.1 Å². The molecule has 1 rings (SSSR count). The van der Waals surface area contributed by atoms with E-state index in [2.05, 4.69) is 4.74 Å². The third-order valence-corrected chi connectivity index (χ3v) is 2.11. The molecule has 1 aromatic carbocycles. The van der Waals surface area contributed by atoms with Gasteiger partial charge in [-0.3, -0.25) is 4.79 Å². The summed E-state index contributed by atoms with van der Waals surface area (Å²) < 4.78 is 54.4. The van der Waals surface area contributed by atoms with Crippen LogP contribution in [0.2, 0.25) is 0 Å². The van der Waals surface area contributed by atoms with Crippen LogP contribution in [0, 0.1) is 5.82 Å². The fourth-order valence-corrected chi connectivity index (χ4v) is 1.22. The van der Waals surface area contributed by atoms with E-state index in [-0.39, 0.29) is 18.0 Å². The second kappa shape index (κ2) is 6.01. The van der Waals surface area contributed by atoms with Crippen molar-refractivity contribution >= 4 is 18.4 Å². The molecule has 0 bridgehead atoms. The molecule has 18 heavy (non-hydrogen) atoms. The maximum atomic E-state index is 12.9. The highest BCUT2D eigenvalue weighted by atomic mass is 35.5. The molecule has 1 atom stereocenters. The number of esters is 1. The SMILES string of the molecule is COC(=O)C(N)c1ccc(F)c(C(F)(F)F)c1.Cl. The minimum Gasteiger partial charge on any atom is -0.468 e. The molecule has 0 amide bonds. The van der Waals surface area contributed by atoms with Gasteiger partial charge < -0.3 is 10.5 Å². The first-order valence-electron chi connectivity index (χ1n) is 4.47. The van der Waals surface area contributed by atoms with Crippen molar-refractivity contribution in [2.24, 2.45) is 5.73 Å². The number of benzene rings is 1. The van der Waals surface area contributed by atoms with Gasteiger partial charge in [-0.05, 0) is 17.7 Å². The quantitative estimate of drug-likeness (QED) is 0.671. The molecule has 8 heteroatoms. The molecule has 0 aliphatic heterocycles. The molecule has 3 nitrogen and oxygen atoms in total. The number of methoxy groups -OCH3 is 1. The molecule has 0 aliphatic carbocycles. The summed E-state index contributed by atoms with van der Waals surface area (Å²) in [7, 11) is 1.05. The summed E-state index contributed by atoms with van der Waals surface area (Å²) in [6.07, 6.45) is -4.84. The van der Waals surface area contributed by atoms with E-state index in [1.165, 1.54) is 0 Å². The molecular formula is C10H10ClF4NO2. The molecule has 1 unspecified atom stereocenters. The van der Waals surface area contributed by atoms with Gasteiger partial charge in [-0.15, -0.1) is 12.4 Å². The van der Waals surface area contributed by atoms with Gasteiger partial charge in [0.2, 0.25) is 0 Å². The summed E-state index contributed by atoms with van der Waals surface area (Å²) in [4.78, 5) is 11.0. The summed E-state index contributed by atoms with van der Waals surface area (Å²) >= 11 is 0. The Bertz CT molecular complexity index is 436. The van der Waals surface area contributed by atoms with Crippen molar-refractivity contribution in [2.75, 3.05) is 7.11 Å². The first-order chi connectivity index (χ1) is 7.77. The van der Waals surface area contributed by atoms with Crippen molar-refractivity contribution in [3.05, 3.63) is 35.1 Å². The summed E-state index contributed by atoms with van der Waals surface area (Å²) in [5.41, 5.74) is 3.72. The predicted octanol–water partition coefficient (Wildman–Crippen LogP) is 2.44. The van der Waals surface area contributed by atoms with Gasteiger partial charge in [0.05, 0.1) is 12.7 Å². The topological polar surface area (TPSA) is 52.3 Å². The number of rotatable bonds is 2. The zero-order valence-electron chi connectivity index (χ0n) is 9.12. The van der Waals surface area contributed by atoms with Crippen LogP contribution in [0.25, 0.3) is 0 Å². The van der Waals surface area contributed by atoms with Crippen LogP contribution in [0.15, 0.2) is 18.2 Å². The van der Waals surface area contributed by atoms with Gasteiger partial charge in [0, 0.05) is 0 Å². The normalized spacial score (nSPS) is 12.6. The Morgan fingerprint density at radius 2 is 1.94 bits per heavy atom. The van der Waals surface area contributed by atoms with E-state index in [1.807, 2.05) is 0 Å². The number of carbonyl (C=O) groups is 1. The number of hydrogen-bond acceptors (Lipinski definition) is 3. The Labute approximate surface area is 106 Å². The molecule has 0 aliphatic rings. The monoisotopic (exact) mass is 287 g/mol. The van der Waals surface area contributed by atoms with E-state index in [0.29, 0.717) is 12.1 Å². The second-order valence-corrected chi connectivity index (χ2v) is 3.24. The minimum atomic E-state index is -4.84. The lowest BCUT2D eigenvalue weighted by molar-refractivity contribution is -0.143. The van der Waals surface area contributed by atoms with Gasteiger partial charge in [0.15, 0.2) is 0 Å². The Morgan fingerprint density at radius 3 is 2.39 bits per heavy atom. The Hall–Kier alpha value is -1.34. The number of halogens is 5. The highest BCUT2D eigenvalue weighted by Crippen LogP contribution is 2.32. The first-order valence-corrected chi connectivity index (χ1v) is 4.47. The molecule has 1 aromatic rings. The predicted molar refractivity (Wildman–Crippen MR) is 57.6 cm³/mol. The van der Waals surface area contributed by atoms with Crippen LogP contribution in [0.4, 0.5) is 17.6 Å². The van der Waals surface area contributed by atoms with Crippen LogP contribution < -0.4 is 5.73 Å². The molecule has 0 spiro atoms. The van der Waals surface area contributed by atoms with E-state index >= 15 is 0 Å². The standard InChI is InChI=1S/C10H9F4NO2.ClH/c1-17-9(16)8(15)5-2-3-7(11)6(4-5)10(12,13)14;/h2-4,8H,15H2,1H3;1H. The maximum absolute atomic E-state index is 12.9. The Kier molecular flexibility index (Phi) is 5.56. The largest absolute Gasteiger partial charge is 0.468 e. The fraction of sp³-hybridized carbons (Fsp3) is 0.300. The zero-order valence-corrected chi connectivity index (χ0v) is 9.94. The molecule has 0 radical (unpaired) electrons. The summed E-state index contributed by atoms with van der Waals surface area (Å²) in [5, 5.41) is 0. The van der Waals surface area contributed by atoms with Crippen LogP contribution in [-0.2, 0) is 15.7 Å². The van der Waals surface area contributed by atoms with E-state index in [4.69, 9.17) is 5.73 Å². The lowest BCUT2D eigenvalue weighted by Gasteiger charge is -2.13. The van der Waals surface area contributed by atoms with Crippen LogP contribution in [0.5, 0.6) is 0 Å². The van der Waals surface area contributed by atoms with Crippen LogP contribution in [0.1, 0.15) is 17.2 Å². The van der Waals surface area contributed by atoms with E-state index in [0.717, 1.165) is 13.2 Å². The number of nitrogens with two attached hydrogens (primary N) is 1.